The molecular formula is C28H27F3N2O4S2. The highest BCUT2D eigenvalue weighted by molar-refractivity contribution is 8.00. The second-order valence-electron chi connectivity index (χ2n) is 10.3. The highest BCUT2D eigenvalue weighted by atomic mass is 32.2. The van der Waals surface area contributed by atoms with E-state index in [-0.39, 0.29) is 23.0 Å². The van der Waals surface area contributed by atoms with Gasteiger partial charge < -0.3 is 14.8 Å². The molecule has 1 N–H and O–H groups in total. The standard InChI is InChI=1S/C28H27F3N2O4S2/c1-36-19-9-8-15(11-20(19)37-2)23-22-14-6-7-16(10-14)24(22)38-26-25(23)39-27(35)33(26)13-21(34)32-18-5-3-4-17(12-18)28(29,30)31/h3-5,8-9,11-12,14,16,22-24H,6-7,10,13H2,1-2H3,(H,32,34)/t14-,16-,22-,23-,24+/m0/s1. The highest BCUT2D eigenvalue weighted by Crippen LogP contribution is 2.64. The number of alkyl halides is 3. The number of rotatable bonds is 6. The zero-order valence-electron chi connectivity index (χ0n) is 21.3. The Balaban J connectivity index is 1.35. The lowest BCUT2D eigenvalue weighted by Crippen LogP contribution is -2.34. The smallest absolute Gasteiger partial charge is 0.416 e. The van der Waals surface area contributed by atoms with Crippen LogP contribution in [-0.2, 0) is 17.5 Å². The molecule has 1 aromatic heterocycles. The van der Waals surface area contributed by atoms with E-state index in [9.17, 15) is 22.8 Å². The Bertz CT molecular complexity index is 1480. The number of anilines is 1. The molecule has 5 atom stereocenters. The summed E-state index contributed by atoms with van der Waals surface area (Å²) in [6.07, 6.45) is -1.00. The molecule has 2 saturated carbocycles. The molecule has 3 aromatic rings. The number of amides is 1. The maximum Gasteiger partial charge on any atom is 0.416 e. The van der Waals surface area contributed by atoms with Gasteiger partial charge in [0.2, 0.25) is 5.91 Å². The summed E-state index contributed by atoms with van der Waals surface area (Å²) in [5, 5.41) is 3.66. The van der Waals surface area contributed by atoms with Crippen molar-refractivity contribution < 1.29 is 27.4 Å². The molecule has 2 bridgehead atoms. The largest absolute Gasteiger partial charge is 0.493 e. The van der Waals surface area contributed by atoms with Crippen LogP contribution in [0.3, 0.4) is 0 Å². The lowest BCUT2D eigenvalue weighted by atomic mass is 9.75. The number of thiazole rings is 1. The minimum absolute atomic E-state index is 0.00756. The summed E-state index contributed by atoms with van der Waals surface area (Å²) < 4.78 is 51.9. The van der Waals surface area contributed by atoms with Crippen molar-refractivity contribution in [2.24, 2.45) is 17.8 Å². The van der Waals surface area contributed by atoms with Crippen LogP contribution in [0.25, 0.3) is 0 Å². The summed E-state index contributed by atoms with van der Waals surface area (Å²) >= 11 is 2.86. The molecular weight excluding hydrogens is 549 g/mol. The predicted octanol–water partition coefficient (Wildman–Crippen LogP) is 6.24. The normalized spacial score (nSPS) is 25.2. The fourth-order valence-electron chi connectivity index (χ4n) is 6.62. The fraction of sp³-hybridized carbons (Fsp3) is 0.429. The van der Waals surface area contributed by atoms with E-state index in [2.05, 4.69) is 5.32 Å². The lowest BCUT2D eigenvalue weighted by Gasteiger charge is -2.40. The molecule has 0 radical (unpaired) electrons. The predicted molar refractivity (Wildman–Crippen MR) is 144 cm³/mol. The topological polar surface area (TPSA) is 69.6 Å². The van der Waals surface area contributed by atoms with Crippen molar-refractivity contribution in [3.05, 3.63) is 68.1 Å². The maximum absolute atomic E-state index is 13.3. The van der Waals surface area contributed by atoms with Crippen LogP contribution in [0.2, 0.25) is 0 Å². The molecule has 6 nitrogen and oxygen atoms in total. The Morgan fingerprint density at radius 1 is 1.08 bits per heavy atom. The van der Waals surface area contributed by atoms with Crippen LogP contribution in [-0.4, -0.2) is 29.9 Å². The van der Waals surface area contributed by atoms with Crippen LogP contribution in [0.4, 0.5) is 18.9 Å². The van der Waals surface area contributed by atoms with Crippen molar-refractivity contribution in [3.8, 4) is 11.5 Å². The fourth-order valence-corrected chi connectivity index (χ4v) is 9.77. The SMILES string of the molecule is COc1ccc([C@@H]2c3sc(=O)n(CC(=O)Nc4cccc(C(F)(F)F)c4)c3S[C@@H]3[C@H]4CC[C@@H](C4)[C@@H]23)cc1OC. The molecule has 2 aromatic carbocycles. The third kappa shape index (κ3) is 4.63. The van der Waals surface area contributed by atoms with E-state index >= 15 is 0 Å². The molecule has 3 aliphatic rings. The van der Waals surface area contributed by atoms with Crippen LogP contribution < -0.4 is 19.7 Å². The summed E-state index contributed by atoms with van der Waals surface area (Å²) in [7, 11) is 3.19. The monoisotopic (exact) mass is 576 g/mol. The van der Waals surface area contributed by atoms with Gasteiger partial charge in [0.15, 0.2) is 11.5 Å². The number of nitrogens with one attached hydrogen (secondary N) is 1. The van der Waals surface area contributed by atoms with Gasteiger partial charge in [0.25, 0.3) is 0 Å². The number of ether oxygens (including phenoxy) is 2. The number of carbonyl (C=O) groups is 1. The molecule has 2 fully saturated rings. The van der Waals surface area contributed by atoms with E-state index in [0.29, 0.717) is 34.5 Å². The van der Waals surface area contributed by atoms with Gasteiger partial charge in [-0.15, -0.1) is 11.8 Å². The summed E-state index contributed by atoms with van der Waals surface area (Å²) in [5.74, 6) is 2.22. The average molecular weight is 577 g/mol. The van der Waals surface area contributed by atoms with Crippen LogP contribution in [0.15, 0.2) is 52.3 Å². The number of hydrogen-bond acceptors (Lipinski definition) is 6. The maximum atomic E-state index is 13.3. The number of methoxy groups -OCH3 is 2. The number of hydrogen-bond donors (Lipinski definition) is 1. The van der Waals surface area contributed by atoms with Crippen LogP contribution in [0.5, 0.6) is 11.5 Å². The van der Waals surface area contributed by atoms with Crippen molar-refractivity contribution >= 4 is 34.7 Å². The zero-order valence-corrected chi connectivity index (χ0v) is 22.9. The Labute approximate surface area is 231 Å². The minimum Gasteiger partial charge on any atom is -0.493 e. The average Bonchev–Trinajstić information content (AvgIpc) is 3.61. The first-order valence-corrected chi connectivity index (χ1v) is 14.5. The van der Waals surface area contributed by atoms with Crippen molar-refractivity contribution in [1.29, 1.82) is 0 Å². The number of carbonyl (C=O) groups excluding carboxylic acids is 1. The molecule has 2 heterocycles. The van der Waals surface area contributed by atoms with Crippen molar-refractivity contribution in [2.45, 2.75) is 48.2 Å². The quantitative estimate of drug-likeness (QED) is 0.377. The first kappa shape index (κ1) is 26.3. The van der Waals surface area contributed by atoms with Gasteiger partial charge in [-0.1, -0.05) is 23.5 Å². The number of fused-ring (bicyclic) bond motifs is 6. The molecule has 0 unspecified atom stereocenters. The first-order chi connectivity index (χ1) is 18.7. The molecule has 11 heteroatoms. The summed E-state index contributed by atoms with van der Waals surface area (Å²) in [5.41, 5.74) is 0.246. The van der Waals surface area contributed by atoms with Gasteiger partial charge in [-0.05, 0) is 72.9 Å². The van der Waals surface area contributed by atoms with Crippen molar-refractivity contribution in [2.75, 3.05) is 19.5 Å². The van der Waals surface area contributed by atoms with Crippen LogP contribution in [0.1, 0.15) is 41.2 Å². The van der Waals surface area contributed by atoms with E-state index < -0.39 is 17.6 Å². The Hall–Kier alpha value is -2.92. The van der Waals surface area contributed by atoms with E-state index in [4.69, 9.17) is 9.47 Å². The van der Waals surface area contributed by atoms with Crippen molar-refractivity contribution in [1.82, 2.24) is 4.57 Å². The Kier molecular flexibility index (Phi) is 6.69. The summed E-state index contributed by atoms with van der Waals surface area (Å²) in [6, 6.07) is 10.4. The number of benzene rings is 2. The molecule has 0 saturated heterocycles. The van der Waals surface area contributed by atoms with Gasteiger partial charge in [0.05, 0.1) is 24.8 Å². The zero-order chi connectivity index (χ0) is 27.5. The molecule has 2 aliphatic carbocycles. The van der Waals surface area contributed by atoms with Gasteiger partial charge in [0.1, 0.15) is 6.54 Å². The van der Waals surface area contributed by atoms with E-state index in [1.807, 2.05) is 18.2 Å². The molecule has 6 rings (SSSR count). The van der Waals surface area contributed by atoms with E-state index in [1.54, 1.807) is 26.0 Å². The third-order valence-electron chi connectivity index (χ3n) is 8.23. The lowest BCUT2D eigenvalue weighted by molar-refractivity contribution is -0.137. The molecule has 1 aliphatic heterocycles. The van der Waals surface area contributed by atoms with Crippen LogP contribution >= 0.6 is 23.1 Å². The Morgan fingerprint density at radius 2 is 1.85 bits per heavy atom. The van der Waals surface area contributed by atoms with Gasteiger partial charge in [-0.25, -0.2) is 0 Å². The number of aromatic nitrogens is 1. The summed E-state index contributed by atoms with van der Waals surface area (Å²) in [4.78, 5) is 26.9. The van der Waals surface area contributed by atoms with E-state index in [0.717, 1.165) is 45.4 Å². The van der Waals surface area contributed by atoms with Crippen molar-refractivity contribution in [3.63, 3.8) is 0 Å². The van der Waals surface area contributed by atoms with Gasteiger partial charge in [0, 0.05) is 21.7 Å². The second kappa shape index (κ2) is 9.92. The number of thioether (sulfide) groups is 1. The minimum atomic E-state index is -4.52. The molecule has 0 spiro atoms. The van der Waals surface area contributed by atoms with Gasteiger partial charge >= 0.3 is 11.0 Å². The van der Waals surface area contributed by atoms with Crippen LogP contribution in [0, 0.1) is 17.8 Å². The molecule has 206 valence electrons. The summed E-state index contributed by atoms with van der Waals surface area (Å²) in [6.45, 7) is -0.266. The highest BCUT2D eigenvalue weighted by Gasteiger charge is 2.55. The van der Waals surface area contributed by atoms with Gasteiger partial charge in [-0.2, -0.15) is 13.2 Å². The number of halogens is 3. The molecule has 39 heavy (non-hydrogen) atoms. The third-order valence-corrected chi connectivity index (χ3v) is 11.1. The van der Waals surface area contributed by atoms with E-state index in [1.165, 1.54) is 29.5 Å². The number of nitrogens with zero attached hydrogens (tertiary/aromatic N) is 1. The van der Waals surface area contributed by atoms with Gasteiger partial charge in [-0.3, -0.25) is 14.2 Å². The second-order valence-corrected chi connectivity index (χ2v) is 12.5. The Morgan fingerprint density at radius 3 is 2.59 bits per heavy atom. The first-order valence-electron chi connectivity index (χ1n) is 12.8. The molecule has 1 amide bonds.